The van der Waals surface area contributed by atoms with Gasteiger partial charge in [0.2, 0.25) is 0 Å². The Kier molecular flexibility index (Phi) is 3.85. The van der Waals surface area contributed by atoms with Crippen LogP contribution in [0.1, 0.15) is 26.6 Å². The molecule has 0 aliphatic rings. The second-order valence-electron chi connectivity index (χ2n) is 4.52. The van der Waals surface area contributed by atoms with Gasteiger partial charge in [-0.15, -0.1) is 11.3 Å². The number of hydrogen-bond donors (Lipinski definition) is 1. The molecule has 1 N–H and O–H groups in total. The van der Waals surface area contributed by atoms with Gasteiger partial charge in [0.1, 0.15) is 0 Å². The lowest BCUT2D eigenvalue weighted by Gasteiger charge is -2.20. The van der Waals surface area contributed by atoms with E-state index in [4.69, 9.17) is 5.11 Å². The van der Waals surface area contributed by atoms with Gasteiger partial charge in [0, 0.05) is 18.1 Å². The van der Waals surface area contributed by atoms with Crippen LogP contribution in [0.4, 0.5) is 5.69 Å². The van der Waals surface area contributed by atoms with E-state index in [2.05, 4.69) is 9.88 Å². The first kappa shape index (κ1) is 13.5. The number of anilines is 1. The molecule has 0 amide bonds. The summed E-state index contributed by atoms with van der Waals surface area (Å²) in [7, 11) is 1.98. The van der Waals surface area contributed by atoms with Gasteiger partial charge in [-0.1, -0.05) is 0 Å². The fraction of sp³-hybridized carbons (Fsp3) is 0.286. The van der Waals surface area contributed by atoms with E-state index in [0.29, 0.717) is 5.56 Å². The van der Waals surface area contributed by atoms with Crippen LogP contribution in [-0.4, -0.2) is 23.1 Å². The number of thiazole rings is 1. The summed E-state index contributed by atoms with van der Waals surface area (Å²) in [6.45, 7) is 4.63. The molecule has 0 saturated carbocycles. The van der Waals surface area contributed by atoms with Crippen molar-refractivity contribution in [2.45, 2.75) is 20.4 Å². The number of aromatic carboxylic acids is 1. The fourth-order valence-electron chi connectivity index (χ4n) is 2.03. The first-order valence-corrected chi connectivity index (χ1v) is 6.81. The molecule has 0 fully saturated rings. The molecule has 5 heteroatoms. The first-order valence-electron chi connectivity index (χ1n) is 5.93. The molecule has 100 valence electrons. The zero-order valence-electron chi connectivity index (χ0n) is 11.2. The molecule has 0 radical (unpaired) electrons. The normalized spacial score (nSPS) is 10.5. The Morgan fingerprint density at radius 2 is 2.16 bits per heavy atom. The van der Waals surface area contributed by atoms with Crippen LogP contribution in [-0.2, 0) is 6.54 Å². The smallest absolute Gasteiger partial charge is 0.335 e. The lowest BCUT2D eigenvalue weighted by Crippen LogP contribution is -2.18. The van der Waals surface area contributed by atoms with Crippen molar-refractivity contribution in [2.75, 3.05) is 11.9 Å². The lowest BCUT2D eigenvalue weighted by atomic mass is 10.1. The molecule has 19 heavy (non-hydrogen) atoms. The second kappa shape index (κ2) is 5.40. The summed E-state index contributed by atoms with van der Waals surface area (Å²) in [5.41, 5.74) is 3.33. The Morgan fingerprint density at radius 3 is 2.68 bits per heavy atom. The highest BCUT2D eigenvalue weighted by atomic mass is 32.1. The van der Waals surface area contributed by atoms with Crippen molar-refractivity contribution >= 4 is 23.0 Å². The lowest BCUT2D eigenvalue weighted by molar-refractivity contribution is 0.0697. The molecule has 0 unspecified atom stereocenters. The minimum absolute atomic E-state index is 0.319. The molecule has 1 aromatic heterocycles. The van der Waals surface area contributed by atoms with Crippen LogP contribution in [0.15, 0.2) is 23.6 Å². The number of benzene rings is 1. The summed E-state index contributed by atoms with van der Waals surface area (Å²) in [6, 6.07) is 5.17. The fourth-order valence-corrected chi connectivity index (χ4v) is 2.63. The van der Waals surface area contributed by atoms with Crippen molar-refractivity contribution in [3.8, 4) is 0 Å². The van der Waals surface area contributed by atoms with E-state index >= 15 is 0 Å². The zero-order chi connectivity index (χ0) is 14.0. The molecule has 0 atom stereocenters. The van der Waals surface area contributed by atoms with Crippen LogP contribution >= 0.6 is 11.3 Å². The molecule has 1 heterocycles. The Labute approximate surface area is 116 Å². The number of carboxylic acids is 1. The topological polar surface area (TPSA) is 53.4 Å². The van der Waals surface area contributed by atoms with Crippen molar-refractivity contribution in [3.63, 3.8) is 0 Å². The average molecular weight is 276 g/mol. The highest BCUT2D eigenvalue weighted by Crippen LogP contribution is 2.22. The molecular weight excluding hydrogens is 260 g/mol. The maximum Gasteiger partial charge on any atom is 0.335 e. The van der Waals surface area contributed by atoms with Crippen LogP contribution in [0.2, 0.25) is 0 Å². The number of rotatable bonds is 4. The number of aryl methyl sites for hydroxylation is 2. The third-order valence-corrected chi connectivity index (χ3v) is 3.74. The van der Waals surface area contributed by atoms with Gasteiger partial charge >= 0.3 is 5.97 Å². The van der Waals surface area contributed by atoms with Gasteiger partial charge in [-0.05, 0) is 37.6 Å². The van der Waals surface area contributed by atoms with E-state index in [1.807, 2.05) is 32.3 Å². The minimum atomic E-state index is -0.896. The van der Waals surface area contributed by atoms with Gasteiger partial charge in [0.25, 0.3) is 0 Å². The van der Waals surface area contributed by atoms with Gasteiger partial charge in [-0.25, -0.2) is 9.78 Å². The van der Waals surface area contributed by atoms with Gasteiger partial charge < -0.3 is 10.0 Å². The molecule has 0 aliphatic carbocycles. The van der Waals surface area contributed by atoms with Crippen LogP contribution in [0.5, 0.6) is 0 Å². The van der Waals surface area contributed by atoms with E-state index in [9.17, 15) is 4.79 Å². The Balaban J connectivity index is 2.19. The van der Waals surface area contributed by atoms with Crippen LogP contribution < -0.4 is 4.90 Å². The standard InChI is InChI=1S/C14H16N2O2S/c1-9-6-11(14(17)18)4-5-13(9)16(3)7-12-8-19-10(2)15-12/h4-6,8H,7H2,1-3H3,(H,17,18). The number of aromatic nitrogens is 1. The summed E-state index contributed by atoms with van der Waals surface area (Å²) < 4.78 is 0. The molecule has 0 bridgehead atoms. The third kappa shape index (κ3) is 3.12. The number of hydrogen-bond acceptors (Lipinski definition) is 4. The zero-order valence-corrected chi connectivity index (χ0v) is 12.0. The van der Waals surface area contributed by atoms with Crippen molar-refractivity contribution in [1.29, 1.82) is 0 Å². The third-order valence-electron chi connectivity index (χ3n) is 2.92. The second-order valence-corrected chi connectivity index (χ2v) is 5.58. The van der Waals surface area contributed by atoms with E-state index in [1.54, 1.807) is 23.5 Å². The van der Waals surface area contributed by atoms with Gasteiger partial charge in [0.05, 0.1) is 22.8 Å². The van der Waals surface area contributed by atoms with E-state index in [-0.39, 0.29) is 0 Å². The number of nitrogens with zero attached hydrogens (tertiary/aromatic N) is 2. The largest absolute Gasteiger partial charge is 0.478 e. The van der Waals surface area contributed by atoms with Crippen LogP contribution in [0.3, 0.4) is 0 Å². The summed E-state index contributed by atoms with van der Waals surface area (Å²) >= 11 is 1.64. The molecule has 0 aliphatic heterocycles. The first-order chi connectivity index (χ1) is 8.97. The summed E-state index contributed by atoms with van der Waals surface area (Å²) in [6.07, 6.45) is 0. The summed E-state index contributed by atoms with van der Waals surface area (Å²) in [5, 5.41) is 12.1. The quantitative estimate of drug-likeness (QED) is 0.932. The van der Waals surface area contributed by atoms with Crippen LogP contribution in [0.25, 0.3) is 0 Å². The monoisotopic (exact) mass is 276 g/mol. The Morgan fingerprint density at radius 1 is 1.42 bits per heavy atom. The minimum Gasteiger partial charge on any atom is -0.478 e. The Bertz CT molecular complexity index is 607. The predicted molar refractivity (Wildman–Crippen MR) is 77.1 cm³/mol. The molecule has 2 rings (SSSR count). The van der Waals surface area contributed by atoms with Gasteiger partial charge in [-0.3, -0.25) is 0 Å². The van der Waals surface area contributed by atoms with Crippen molar-refractivity contribution in [2.24, 2.45) is 0 Å². The molecule has 4 nitrogen and oxygen atoms in total. The van der Waals surface area contributed by atoms with Crippen molar-refractivity contribution < 1.29 is 9.90 Å². The predicted octanol–water partition coefficient (Wildman–Crippen LogP) is 3.09. The van der Waals surface area contributed by atoms with Gasteiger partial charge in [0.15, 0.2) is 0 Å². The molecule has 0 spiro atoms. The molecule has 2 aromatic rings. The molecule has 0 saturated heterocycles. The number of carbonyl (C=O) groups is 1. The summed E-state index contributed by atoms with van der Waals surface area (Å²) in [5.74, 6) is -0.896. The maximum absolute atomic E-state index is 10.9. The van der Waals surface area contributed by atoms with Gasteiger partial charge in [-0.2, -0.15) is 0 Å². The van der Waals surface area contributed by atoms with E-state index in [1.165, 1.54) is 0 Å². The highest BCUT2D eigenvalue weighted by molar-refractivity contribution is 7.09. The van der Waals surface area contributed by atoms with E-state index in [0.717, 1.165) is 28.5 Å². The molecule has 1 aromatic carbocycles. The number of carboxylic acid groups (broad SMARTS) is 1. The van der Waals surface area contributed by atoms with Crippen LogP contribution in [0, 0.1) is 13.8 Å². The highest BCUT2D eigenvalue weighted by Gasteiger charge is 2.10. The maximum atomic E-state index is 10.9. The SMILES string of the molecule is Cc1nc(CN(C)c2ccc(C(=O)O)cc2C)cs1. The summed E-state index contributed by atoms with van der Waals surface area (Å²) in [4.78, 5) is 17.4. The van der Waals surface area contributed by atoms with Crippen molar-refractivity contribution in [3.05, 3.63) is 45.4 Å². The molecular formula is C14H16N2O2S. The Hall–Kier alpha value is -1.88. The van der Waals surface area contributed by atoms with E-state index < -0.39 is 5.97 Å². The average Bonchev–Trinajstić information content (AvgIpc) is 2.74. The van der Waals surface area contributed by atoms with Crippen molar-refractivity contribution in [1.82, 2.24) is 4.98 Å².